The van der Waals surface area contributed by atoms with Gasteiger partial charge in [0.1, 0.15) is 11.5 Å². The van der Waals surface area contributed by atoms with Crippen LogP contribution in [0.15, 0.2) is 42.7 Å². The van der Waals surface area contributed by atoms with Crippen molar-refractivity contribution in [2.75, 3.05) is 11.9 Å². The SMILES string of the molecule is CCOC(=O)c1[nH]c2cc(F)ccc2c1Nc1ccncc1. The van der Waals surface area contributed by atoms with E-state index in [2.05, 4.69) is 15.3 Å². The molecule has 2 heterocycles. The van der Waals surface area contributed by atoms with Crippen LogP contribution in [0.3, 0.4) is 0 Å². The molecule has 5 nitrogen and oxygen atoms in total. The summed E-state index contributed by atoms with van der Waals surface area (Å²) in [6.45, 7) is 1.99. The van der Waals surface area contributed by atoms with E-state index in [1.807, 2.05) is 0 Å². The maximum atomic E-state index is 13.4. The minimum Gasteiger partial charge on any atom is -0.461 e. The summed E-state index contributed by atoms with van der Waals surface area (Å²) >= 11 is 0. The molecule has 0 aliphatic carbocycles. The first-order valence-corrected chi connectivity index (χ1v) is 6.84. The molecule has 3 aromatic rings. The van der Waals surface area contributed by atoms with E-state index in [-0.39, 0.29) is 18.1 Å². The number of aromatic nitrogens is 2. The molecule has 0 atom stereocenters. The Bertz CT molecular complexity index is 815. The van der Waals surface area contributed by atoms with Crippen LogP contribution in [-0.4, -0.2) is 22.5 Å². The highest BCUT2D eigenvalue weighted by Gasteiger charge is 2.19. The van der Waals surface area contributed by atoms with E-state index in [0.29, 0.717) is 16.6 Å². The highest BCUT2D eigenvalue weighted by molar-refractivity contribution is 6.07. The zero-order valence-electron chi connectivity index (χ0n) is 11.9. The Balaban J connectivity index is 2.12. The molecular formula is C16H14FN3O2. The maximum Gasteiger partial charge on any atom is 0.356 e. The lowest BCUT2D eigenvalue weighted by molar-refractivity contribution is 0.0522. The topological polar surface area (TPSA) is 67.0 Å². The van der Waals surface area contributed by atoms with Crippen LogP contribution in [0.1, 0.15) is 17.4 Å². The highest BCUT2D eigenvalue weighted by Crippen LogP contribution is 2.31. The van der Waals surface area contributed by atoms with Gasteiger partial charge in [-0.25, -0.2) is 9.18 Å². The summed E-state index contributed by atoms with van der Waals surface area (Å²) in [6, 6.07) is 7.86. The summed E-state index contributed by atoms with van der Waals surface area (Å²) in [6.07, 6.45) is 3.28. The average molecular weight is 299 g/mol. The molecule has 0 radical (unpaired) electrons. The third kappa shape index (κ3) is 2.63. The van der Waals surface area contributed by atoms with Gasteiger partial charge in [-0.2, -0.15) is 0 Å². The van der Waals surface area contributed by atoms with Crippen LogP contribution in [0, 0.1) is 5.82 Å². The lowest BCUT2D eigenvalue weighted by atomic mass is 10.2. The second kappa shape index (κ2) is 5.85. The second-order valence-electron chi connectivity index (χ2n) is 4.65. The zero-order valence-corrected chi connectivity index (χ0v) is 11.9. The monoisotopic (exact) mass is 299 g/mol. The van der Waals surface area contributed by atoms with Gasteiger partial charge in [-0.1, -0.05) is 0 Å². The number of carbonyl (C=O) groups excluding carboxylic acids is 1. The summed E-state index contributed by atoms with van der Waals surface area (Å²) in [5.74, 6) is -0.865. The zero-order chi connectivity index (χ0) is 15.5. The Kier molecular flexibility index (Phi) is 3.74. The summed E-state index contributed by atoms with van der Waals surface area (Å²) in [5, 5.41) is 3.87. The summed E-state index contributed by atoms with van der Waals surface area (Å²) in [7, 11) is 0. The quantitative estimate of drug-likeness (QED) is 0.722. The highest BCUT2D eigenvalue weighted by atomic mass is 19.1. The van der Waals surface area contributed by atoms with E-state index < -0.39 is 5.97 Å². The molecule has 2 N–H and O–H groups in total. The number of nitrogens with zero attached hydrogens (tertiary/aromatic N) is 1. The van der Waals surface area contributed by atoms with Crippen molar-refractivity contribution in [3.63, 3.8) is 0 Å². The average Bonchev–Trinajstić information content (AvgIpc) is 2.86. The van der Waals surface area contributed by atoms with Gasteiger partial charge in [-0.05, 0) is 37.3 Å². The number of H-pyrrole nitrogens is 1. The molecule has 0 aliphatic rings. The summed E-state index contributed by atoms with van der Waals surface area (Å²) in [5.41, 5.74) is 2.12. The van der Waals surface area contributed by atoms with Crippen molar-refractivity contribution in [2.24, 2.45) is 0 Å². The number of rotatable bonds is 4. The molecule has 0 bridgehead atoms. The molecule has 0 spiro atoms. The van der Waals surface area contributed by atoms with E-state index in [9.17, 15) is 9.18 Å². The molecule has 0 saturated carbocycles. The number of carbonyl (C=O) groups is 1. The number of hydrogen-bond acceptors (Lipinski definition) is 4. The molecule has 3 rings (SSSR count). The standard InChI is InChI=1S/C16H14FN3O2/c1-2-22-16(21)15-14(19-11-5-7-18-8-6-11)12-4-3-10(17)9-13(12)20-15/h3-9,20H,2H2,1H3,(H,18,19). The van der Waals surface area contributed by atoms with Crippen LogP contribution in [0.5, 0.6) is 0 Å². The maximum absolute atomic E-state index is 13.4. The Morgan fingerprint density at radius 3 is 2.82 bits per heavy atom. The van der Waals surface area contributed by atoms with Gasteiger partial charge in [0.25, 0.3) is 0 Å². The first-order chi connectivity index (χ1) is 10.7. The number of halogens is 1. The number of nitrogens with one attached hydrogen (secondary N) is 2. The van der Waals surface area contributed by atoms with Gasteiger partial charge in [0, 0.05) is 23.5 Å². The Labute approximate surface area is 126 Å². The minimum atomic E-state index is -0.490. The van der Waals surface area contributed by atoms with Crippen LogP contribution in [0.2, 0.25) is 0 Å². The van der Waals surface area contributed by atoms with E-state index in [4.69, 9.17) is 4.74 Å². The molecule has 6 heteroatoms. The molecule has 112 valence electrons. The van der Waals surface area contributed by atoms with Crippen LogP contribution in [0.25, 0.3) is 10.9 Å². The summed E-state index contributed by atoms with van der Waals surface area (Å²) < 4.78 is 18.4. The van der Waals surface area contributed by atoms with Gasteiger partial charge >= 0.3 is 5.97 Å². The molecule has 2 aromatic heterocycles. The van der Waals surface area contributed by atoms with Crippen molar-refractivity contribution >= 4 is 28.2 Å². The third-order valence-corrected chi connectivity index (χ3v) is 3.19. The van der Waals surface area contributed by atoms with Gasteiger partial charge in [-0.3, -0.25) is 4.98 Å². The van der Waals surface area contributed by atoms with Crippen molar-refractivity contribution in [3.05, 3.63) is 54.2 Å². The van der Waals surface area contributed by atoms with Crippen LogP contribution in [-0.2, 0) is 4.74 Å². The van der Waals surface area contributed by atoms with Crippen LogP contribution >= 0.6 is 0 Å². The smallest absolute Gasteiger partial charge is 0.356 e. The number of esters is 1. The molecule has 1 aromatic carbocycles. The summed E-state index contributed by atoms with van der Waals surface area (Å²) in [4.78, 5) is 19.0. The van der Waals surface area contributed by atoms with E-state index in [1.54, 1.807) is 37.5 Å². The van der Waals surface area contributed by atoms with Crippen molar-refractivity contribution in [1.29, 1.82) is 0 Å². The van der Waals surface area contributed by atoms with Crippen LogP contribution < -0.4 is 5.32 Å². The molecule has 0 saturated heterocycles. The Morgan fingerprint density at radius 1 is 1.32 bits per heavy atom. The van der Waals surface area contributed by atoms with Gasteiger partial charge in [0.15, 0.2) is 0 Å². The Morgan fingerprint density at radius 2 is 2.09 bits per heavy atom. The lowest BCUT2D eigenvalue weighted by Crippen LogP contribution is -2.07. The Hall–Kier alpha value is -2.89. The molecule has 0 fully saturated rings. The molecular weight excluding hydrogens is 285 g/mol. The number of aromatic amines is 1. The second-order valence-corrected chi connectivity index (χ2v) is 4.65. The van der Waals surface area contributed by atoms with E-state index in [1.165, 1.54) is 12.1 Å². The third-order valence-electron chi connectivity index (χ3n) is 3.19. The molecule has 0 aliphatic heterocycles. The lowest BCUT2D eigenvalue weighted by Gasteiger charge is -2.07. The molecule has 0 unspecified atom stereocenters. The number of ether oxygens (including phenoxy) is 1. The fourth-order valence-electron chi connectivity index (χ4n) is 2.24. The number of benzene rings is 1. The van der Waals surface area contributed by atoms with Crippen molar-refractivity contribution in [1.82, 2.24) is 9.97 Å². The normalized spacial score (nSPS) is 10.6. The largest absolute Gasteiger partial charge is 0.461 e. The fraction of sp³-hybridized carbons (Fsp3) is 0.125. The molecule has 22 heavy (non-hydrogen) atoms. The predicted molar refractivity (Wildman–Crippen MR) is 81.7 cm³/mol. The first-order valence-electron chi connectivity index (χ1n) is 6.84. The van der Waals surface area contributed by atoms with Crippen molar-refractivity contribution in [2.45, 2.75) is 6.92 Å². The van der Waals surface area contributed by atoms with Gasteiger partial charge in [-0.15, -0.1) is 0 Å². The van der Waals surface area contributed by atoms with Crippen molar-refractivity contribution in [3.8, 4) is 0 Å². The van der Waals surface area contributed by atoms with Gasteiger partial charge in [0.2, 0.25) is 0 Å². The number of fused-ring (bicyclic) bond motifs is 1. The first kappa shape index (κ1) is 14.1. The number of pyridine rings is 1. The number of anilines is 2. The molecule has 0 amide bonds. The van der Waals surface area contributed by atoms with E-state index in [0.717, 1.165) is 5.69 Å². The van der Waals surface area contributed by atoms with E-state index >= 15 is 0 Å². The fourth-order valence-corrected chi connectivity index (χ4v) is 2.24. The predicted octanol–water partition coefficient (Wildman–Crippen LogP) is 3.62. The van der Waals surface area contributed by atoms with Crippen molar-refractivity contribution < 1.29 is 13.9 Å². The van der Waals surface area contributed by atoms with Crippen LogP contribution in [0.4, 0.5) is 15.8 Å². The van der Waals surface area contributed by atoms with Gasteiger partial charge < -0.3 is 15.0 Å². The number of hydrogen-bond donors (Lipinski definition) is 2. The van der Waals surface area contributed by atoms with Gasteiger partial charge in [0.05, 0.1) is 17.8 Å². The minimum absolute atomic E-state index is 0.261.